The highest BCUT2D eigenvalue weighted by atomic mass is 35.5. The van der Waals surface area contributed by atoms with Gasteiger partial charge in [0, 0.05) is 67.5 Å². The smallest absolute Gasteiger partial charge is 0.237 e. The lowest BCUT2D eigenvalue weighted by Gasteiger charge is -2.36. The van der Waals surface area contributed by atoms with Gasteiger partial charge in [-0.05, 0) is 25.2 Å². The van der Waals surface area contributed by atoms with E-state index in [1.165, 1.54) is 0 Å². The third-order valence-corrected chi connectivity index (χ3v) is 9.76. The number of nitrogens with zero attached hydrogens (tertiary/aromatic N) is 4. The van der Waals surface area contributed by atoms with Gasteiger partial charge < -0.3 is 30.2 Å². The zero-order valence-corrected chi connectivity index (χ0v) is 28.7. The van der Waals surface area contributed by atoms with E-state index in [0.29, 0.717) is 88.0 Å². The van der Waals surface area contributed by atoms with Gasteiger partial charge in [-0.2, -0.15) is 0 Å². The Morgan fingerprint density at radius 3 is 1.90 bits per heavy atom. The van der Waals surface area contributed by atoms with Crippen LogP contribution in [0.4, 0.5) is 0 Å². The molecule has 4 aromatic rings. The normalized spacial score (nSPS) is 18.8. The molecule has 1 aliphatic heterocycles. The first-order valence-electron chi connectivity index (χ1n) is 16.0. The Hall–Kier alpha value is -3.87. The van der Waals surface area contributed by atoms with Crippen molar-refractivity contribution in [1.29, 1.82) is 0 Å². The number of ether oxygens (including phenoxy) is 3. The summed E-state index contributed by atoms with van der Waals surface area (Å²) in [6.45, 7) is 2.38. The Bertz CT molecular complexity index is 1780. The second-order valence-electron chi connectivity index (χ2n) is 12.0. The minimum Gasteiger partial charge on any atom is -0.480 e. The van der Waals surface area contributed by atoms with Crippen LogP contribution >= 0.6 is 23.2 Å². The van der Waals surface area contributed by atoms with E-state index in [0.717, 1.165) is 42.7 Å². The van der Waals surface area contributed by atoms with Crippen molar-refractivity contribution in [3.63, 3.8) is 0 Å². The van der Waals surface area contributed by atoms with Crippen molar-refractivity contribution in [3.05, 3.63) is 70.2 Å². The lowest BCUT2D eigenvalue weighted by Crippen LogP contribution is -2.45. The van der Waals surface area contributed by atoms with Crippen molar-refractivity contribution >= 4 is 29.1 Å². The Kier molecular flexibility index (Phi) is 11.0. The molecule has 2 fully saturated rings. The maximum absolute atomic E-state index is 11.5. The van der Waals surface area contributed by atoms with Crippen molar-refractivity contribution in [1.82, 2.24) is 35.9 Å². The molecular weight excluding hydrogens is 653 g/mol. The van der Waals surface area contributed by atoms with Crippen LogP contribution in [0.2, 0.25) is 10.0 Å². The van der Waals surface area contributed by atoms with E-state index < -0.39 is 0 Å². The number of halogens is 2. The summed E-state index contributed by atoms with van der Waals surface area (Å²) in [6, 6.07) is 12.0. The molecule has 6 rings (SSSR count). The van der Waals surface area contributed by atoms with E-state index in [1.807, 2.05) is 36.4 Å². The Morgan fingerprint density at radius 2 is 1.40 bits per heavy atom. The maximum atomic E-state index is 11.5. The van der Waals surface area contributed by atoms with Gasteiger partial charge >= 0.3 is 0 Å². The number of rotatable bonds is 14. The Labute approximate surface area is 290 Å². The SMILES string of the molecule is COC[C@@H]1CC[C@H]1NCc1ncc(-c2cccc(-c3cccc(-c4cnc(CNC[C@@H]5CCC(=O)N5)c(OC)n4)c3Cl)c2Cl)nc1OC. The zero-order chi connectivity index (χ0) is 33.6. The largest absolute Gasteiger partial charge is 0.480 e. The number of nitrogens with one attached hydrogen (secondary N) is 3. The van der Waals surface area contributed by atoms with E-state index in [4.69, 9.17) is 52.4 Å². The number of benzene rings is 2. The standard InChI is InChI=1S/C35H39Cl2N7O4/c1-46-19-20-10-12-26(20)39-18-30-35(48-3)44-28(17-41-30)25-9-5-7-23(33(25)37)22-6-4-8-24(32(22)36)27-16-40-29(34(43-27)47-2)15-38-14-21-11-13-31(45)42-21/h4-9,16-17,20-21,26,38-39H,10-15,18-19H2,1-3H3,(H,42,45)/t20-,21-,26+/m0/s1. The molecule has 1 saturated heterocycles. The molecule has 2 aliphatic rings. The molecule has 252 valence electrons. The second kappa shape index (κ2) is 15.6. The third-order valence-electron chi connectivity index (χ3n) is 8.95. The van der Waals surface area contributed by atoms with E-state index in [2.05, 4.69) is 20.9 Å². The summed E-state index contributed by atoms with van der Waals surface area (Å²) in [6.07, 6.45) is 7.05. The summed E-state index contributed by atoms with van der Waals surface area (Å²) in [5, 5.41) is 10.8. The van der Waals surface area contributed by atoms with Crippen LogP contribution in [0.1, 0.15) is 37.1 Å². The second-order valence-corrected chi connectivity index (χ2v) is 12.7. The van der Waals surface area contributed by atoms with Crippen LogP contribution in [0.5, 0.6) is 11.8 Å². The molecule has 1 aliphatic carbocycles. The fourth-order valence-electron chi connectivity index (χ4n) is 6.17. The molecule has 1 amide bonds. The minimum atomic E-state index is 0.0860. The summed E-state index contributed by atoms with van der Waals surface area (Å²) >= 11 is 14.1. The summed E-state index contributed by atoms with van der Waals surface area (Å²) in [5.41, 5.74) is 5.40. The van der Waals surface area contributed by atoms with E-state index in [9.17, 15) is 4.79 Å². The molecular formula is C35H39Cl2N7O4. The van der Waals surface area contributed by atoms with Gasteiger partial charge in [0.25, 0.3) is 0 Å². The third kappa shape index (κ3) is 7.40. The highest BCUT2D eigenvalue weighted by Crippen LogP contribution is 2.42. The van der Waals surface area contributed by atoms with Crippen molar-refractivity contribution in [2.45, 2.75) is 50.9 Å². The van der Waals surface area contributed by atoms with Crippen LogP contribution in [0.15, 0.2) is 48.8 Å². The molecule has 0 bridgehead atoms. The molecule has 0 spiro atoms. The summed E-state index contributed by atoms with van der Waals surface area (Å²) < 4.78 is 16.6. The van der Waals surface area contributed by atoms with Gasteiger partial charge in [-0.1, -0.05) is 59.6 Å². The van der Waals surface area contributed by atoms with Gasteiger partial charge in [0.05, 0.1) is 54.7 Å². The number of amides is 1. The van der Waals surface area contributed by atoms with Crippen LogP contribution in [-0.2, 0) is 22.6 Å². The number of aromatic nitrogens is 4. The highest BCUT2D eigenvalue weighted by Gasteiger charge is 2.30. The fraction of sp³-hybridized carbons (Fsp3) is 0.400. The molecule has 11 nitrogen and oxygen atoms in total. The maximum Gasteiger partial charge on any atom is 0.237 e. The number of carbonyl (C=O) groups is 1. The van der Waals surface area contributed by atoms with Gasteiger partial charge in [0.1, 0.15) is 11.4 Å². The highest BCUT2D eigenvalue weighted by molar-refractivity contribution is 6.39. The topological polar surface area (TPSA) is 132 Å². The molecule has 1 saturated carbocycles. The summed E-state index contributed by atoms with van der Waals surface area (Å²) in [5.74, 6) is 1.43. The number of methoxy groups -OCH3 is 3. The zero-order valence-electron chi connectivity index (χ0n) is 27.2. The first-order valence-corrected chi connectivity index (χ1v) is 16.8. The monoisotopic (exact) mass is 691 g/mol. The number of hydrogen-bond donors (Lipinski definition) is 3. The van der Waals surface area contributed by atoms with E-state index >= 15 is 0 Å². The van der Waals surface area contributed by atoms with Crippen molar-refractivity contribution in [2.75, 3.05) is 34.5 Å². The van der Waals surface area contributed by atoms with Crippen LogP contribution in [0, 0.1) is 5.92 Å². The number of carbonyl (C=O) groups excluding carboxylic acids is 1. The molecule has 48 heavy (non-hydrogen) atoms. The first-order chi connectivity index (χ1) is 23.4. The molecule has 2 aromatic heterocycles. The Morgan fingerprint density at radius 1 is 0.812 bits per heavy atom. The molecule has 13 heteroatoms. The predicted octanol–water partition coefficient (Wildman–Crippen LogP) is 5.47. The van der Waals surface area contributed by atoms with Crippen LogP contribution in [0.3, 0.4) is 0 Å². The predicted molar refractivity (Wildman–Crippen MR) is 185 cm³/mol. The van der Waals surface area contributed by atoms with Gasteiger partial charge in [-0.25, -0.2) is 9.97 Å². The van der Waals surface area contributed by atoms with Crippen LogP contribution in [0.25, 0.3) is 33.6 Å². The molecule has 3 atom stereocenters. The fourth-order valence-corrected chi connectivity index (χ4v) is 6.82. The molecule has 0 radical (unpaired) electrons. The van der Waals surface area contributed by atoms with Gasteiger partial charge in [-0.3, -0.25) is 14.8 Å². The first kappa shape index (κ1) is 34.0. The summed E-state index contributed by atoms with van der Waals surface area (Å²) in [7, 11) is 4.89. The quantitative estimate of drug-likeness (QED) is 0.156. The van der Waals surface area contributed by atoms with Crippen molar-refractivity contribution in [3.8, 4) is 45.4 Å². The van der Waals surface area contributed by atoms with Gasteiger partial charge in [0.2, 0.25) is 17.7 Å². The average molecular weight is 693 g/mol. The van der Waals surface area contributed by atoms with Crippen molar-refractivity contribution in [2.24, 2.45) is 5.92 Å². The lowest BCUT2D eigenvalue weighted by molar-refractivity contribution is -0.119. The van der Waals surface area contributed by atoms with Crippen LogP contribution in [-0.4, -0.2) is 72.4 Å². The van der Waals surface area contributed by atoms with E-state index in [1.54, 1.807) is 33.7 Å². The van der Waals surface area contributed by atoms with E-state index in [-0.39, 0.29) is 11.9 Å². The minimum absolute atomic E-state index is 0.0860. The molecule has 0 unspecified atom stereocenters. The average Bonchev–Trinajstić information content (AvgIpc) is 3.52. The van der Waals surface area contributed by atoms with Crippen molar-refractivity contribution < 1.29 is 19.0 Å². The van der Waals surface area contributed by atoms with Crippen LogP contribution < -0.4 is 25.4 Å². The Balaban J connectivity index is 1.21. The molecule has 3 N–H and O–H groups in total. The van der Waals surface area contributed by atoms with Gasteiger partial charge in [0.15, 0.2) is 0 Å². The van der Waals surface area contributed by atoms with Gasteiger partial charge in [-0.15, -0.1) is 0 Å². The number of hydrogen-bond acceptors (Lipinski definition) is 10. The molecule has 3 heterocycles. The summed E-state index contributed by atoms with van der Waals surface area (Å²) in [4.78, 5) is 30.3. The molecule has 2 aromatic carbocycles. The lowest BCUT2D eigenvalue weighted by atomic mass is 9.80.